The predicted octanol–water partition coefficient (Wildman–Crippen LogP) is 3.87. The Morgan fingerprint density at radius 3 is 2.70 bits per heavy atom. The molecule has 7 nitrogen and oxygen atoms in total. The molecule has 1 spiro atoms. The number of ether oxygens (including phenoxy) is 1. The molecule has 1 fully saturated rings. The number of carbonyl (C=O) groups is 1. The molecule has 2 aliphatic rings. The van der Waals surface area contributed by atoms with E-state index in [2.05, 4.69) is 42.1 Å². The molecule has 0 atom stereocenters. The van der Waals surface area contributed by atoms with Crippen molar-refractivity contribution in [3.63, 3.8) is 0 Å². The highest BCUT2D eigenvalue weighted by atomic mass is 32.1. The topological polar surface area (TPSA) is 85.9 Å². The molecule has 0 bridgehead atoms. The average Bonchev–Trinajstić information content (AvgIpc) is 2.79. The van der Waals surface area contributed by atoms with Gasteiger partial charge in [-0.25, -0.2) is 0 Å². The average molecular weight is 467 g/mol. The summed E-state index contributed by atoms with van der Waals surface area (Å²) >= 11 is 5.55. The standard InChI is InChI=1S/C25H30N4O3S/c1-4-18-7-5-6-16(2)23(18)26-24(33)28-27-21-15-25(10-12-29(13-11-25)17(3)30)32-22-9-8-19(31)14-20(21)22/h5-9,14-15,27,31H,4,10-13H2,1-3H3,(H2,26,28,33). The summed E-state index contributed by atoms with van der Waals surface area (Å²) in [5, 5.41) is 13.8. The van der Waals surface area contributed by atoms with Crippen molar-refractivity contribution in [2.45, 2.75) is 45.6 Å². The van der Waals surface area contributed by atoms with Gasteiger partial charge in [-0.05, 0) is 61.0 Å². The van der Waals surface area contributed by atoms with E-state index in [0.717, 1.165) is 28.9 Å². The molecule has 1 amide bonds. The number of hydrogen-bond donors (Lipinski definition) is 4. The molecule has 4 N–H and O–H groups in total. The number of anilines is 1. The van der Waals surface area contributed by atoms with Crippen molar-refractivity contribution in [3.05, 3.63) is 59.2 Å². The number of likely N-dealkylation sites (tertiary alicyclic amines) is 1. The van der Waals surface area contributed by atoms with Gasteiger partial charge in [0.15, 0.2) is 5.11 Å². The van der Waals surface area contributed by atoms with Crippen molar-refractivity contribution >= 4 is 34.6 Å². The maximum atomic E-state index is 11.8. The van der Waals surface area contributed by atoms with Gasteiger partial charge in [0.05, 0.1) is 5.70 Å². The third-order valence-electron chi connectivity index (χ3n) is 6.32. The van der Waals surface area contributed by atoms with Crippen LogP contribution < -0.4 is 20.9 Å². The zero-order valence-corrected chi connectivity index (χ0v) is 20.0. The van der Waals surface area contributed by atoms with Crippen molar-refractivity contribution in [3.8, 4) is 11.5 Å². The number of rotatable bonds is 4. The van der Waals surface area contributed by atoms with E-state index >= 15 is 0 Å². The summed E-state index contributed by atoms with van der Waals surface area (Å²) in [5.74, 6) is 0.913. The largest absolute Gasteiger partial charge is 0.508 e. The van der Waals surface area contributed by atoms with Crippen LogP contribution in [0.4, 0.5) is 5.69 Å². The normalized spacial score (nSPS) is 16.3. The summed E-state index contributed by atoms with van der Waals surface area (Å²) in [6.45, 7) is 7.02. The van der Waals surface area contributed by atoms with Crippen LogP contribution in [0, 0.1) is 6.92 Å². The van der Waals surface area contributed by atoms with Crippen LogP contribution in [0.25, 0.3) is 5.70 Å². The van der Waals surface area contributed by atoms with Crippen LogP contribution in [-0.2, 0) is 11.2 Å². The highest BCUT2D eigenvalue weighted by Gasteiger charge is 2.39. The highest BCUT2D eigenvalue weighted by molar-refractivity contribution is 7.80. The Bertz CT molecular complexity index is 1110. The maximum absolute atomic E-state index is 11.8. The van der Waals surface area contributed by atoms with Crippen LogP contribution in [0.1, 0.15) is 43.4 Å². The number of hydrazine groups is 1. The molecule has 2 aliphatic heterocycles. The van der Waals surface area contributed by atoms with Gasteiger partial charge in [-0.15, -0.1) is 0 Å². The van der Waals surface area contributed by atoms with Gasteiger partial charge in [-0.1, -0.05) is 25.1 Å². The summed E-state index contributed by atoms with van der Waals surface area (Å²) in [4.78, 5) is 13.6. The monoisotopic (exact) mass is 466 g/mol. The smallest absolute Gasteiger partial charge is 0.219 e. The van der Waals surface area contributed by atoms with Gasteiger partial charge < -0.3 is 20.1 Å². The Morgan fingerprint density at radius 2 is 2.00 bits per heavy atom. The summed E-state index contributed by atoms with van der Waals surface area (Å²) in [6.07, 6.45) is 4.30. The van der Waals surface area contributed by atoms with Crippen LogP contribution in [0.3, 0.4) is 0 Å². The molecular weight excluding hydrogens is 436 g/mol. The van der Waals surface area contributed by atoms with E-state index in [-0.39, 0.29) is 11.7 Å². The van der Waals surface area contributed by atoms with Crippen molar-refractivity contribution in [1.82, 2.24) is 15.8 Å². The van der Waals surface area contributed by atoms with Crippen molar-refractivity contribution in [2.24, 2.45) is 0 Å². The first-order valence-electron chi connectivity index (χ1n) is 11.2. The summed E-state index contributed by atoms with van der Waals surface area (Å²) in [5.41, 5.74) is 10.6. The first-order chi connectivity index (χ1) is 15.8. The minimum Gasteiger partial charge on any atom is -0.508 e. The lowest BCUT2D eigenvalue weighted by molar-refractivity contribution is -0.131. The SMILES string of the molecule is CCc1cccc(C)c1NC(=S)NNC1=CC2(CCN(C(C)=O)CC2)Oc2ccc(O)cc21. The summed E-state index contributed by atoms with van der Waals surface area (Å²) in [6, 6.07) is 11.2. The molecule has 0 saturated carbocycles. The second-order valence-corrected chi connectivity index (χ2v) is 8.99. The number of piperidine rings is 1. The zero-order chi connectivity index (χ0) is 23.6. The fraction of sp³-hybridized carbons (Fsp3) is 0.360. The first kappa shape index (κ1) is 22.9. The molecule has 1 saturated heterocycles. The van der Waals surface area contributed by atoms with Gasteiger partial charge in [-0.2, -0.15) is 0 Å². The Labute approximate surface area is 199 Å². The number of phenolic OH excluding ortho intramolecular Hbond substituents is 1. The second kappa shape index (κ2) is 9.31. The lowest BCUT2D eigenvalue weighted by atomic mass is 9.87. The van der Waals surface area contributed by atoms with Gasteiger partial charge in [0, 0.05) is 44.1 Å². The number of aromatic hydroxyl groups is 1. The van der Waals surface area contributed by atoms with E-state index in [1.807, 2.05) is 17.0 Å². The third-order valence-corrected chi connectivity index (χ3v) is 6.52. The number of nitrogens with zero attached hydrogens (tertiary/aromatic N) is 1. The van der Waals surface area contributed by atoms with Gasteiger partial charge in [0.1, 0.15) is 17.1 Å². The van der Waals surface area contributed by atoms with E-state index in [1.54, 1.807) is 25.1 Å². The molecule has 33 heavy (non-hydrogen) atoms. The minimum absolute atomic E-state index is 0.0778. The van der Waals surface area contributed by atoms with Crippen LogP contribution >= 0.6 is 12.2 Å². The molecule has 0 unspecified atom stereocenters. The number of thiocarbonyl (C=S) groups is 1. The quantitative estimate of drug-likeness (QED) is 0.402. The van der Waals surface area contributed by atoms with Gasteiger partial charge in [-0.3, -0.25) is 15.6 Å². The van der Waals surface area contributed by atoms with E-state index in [9.17, 15) is 9.90 Å². The summed E-state index contributed by atoms with van der Waals surface area (Å²) in [7, 11) is 0. The number of amides is 1. The molecular formula is C25H30N4O3S. The maximum Gasteiger partial charge on any atom is 0.219 e. The number of benzene rings is 2. The van der Waals surface area contributed by atoms with E-state index in [1.165, 1.54) is 5.56 Å². The fourth-order valence-corrected chi connectivity index (χ4v) is 4.58. The Morgan fingerprint density at radius 1 is 1.24 bits per heavy atom. The number of carbonyl (C=O) groups excluding carboxylic acids is 1. The van der Waals surface area contributed by atoms with Crippen LogP contribution in [0.5, 0.6) is 11.5 Å². The Hall–Kier alpha value is -3.26. The second-order valence-electron chi connectivity index (χ2n) is 8.58. The number of fused-ring (bicyclic) bond motifs is 1. The van der Waals surface area contributed by atoms with Gasteiger partial charge in [0.25, 0.3) is 0 Å². The predicted molar refractivity (Wildman–Crippen MR) is 134 cm³/mol. The van der Waals surface area contributed by atoms with Crippen molar-refractivity contribution in [1.29, 1.82) is 0 Å². The molecule has 2 aromatic rings. The first-order valence-corrected chi connectivity index (χ1v) is 11.6. The lowest BCUT2D eigenvalue weighted by Crippen LogP contribution is -2.50. The summed E-state index contributed by atoms with van der Waals surface area (Å²) < 4.78 is 6.38. The Kier molecular flexibility index (Phi) is 6.47. The number of nitrogens with one attached hydrogen (secondary N) is 3. The van der Waals surface area contributed by atoms with Crippen LogP contribution in [0.2, 0.25) is 0 Å². The fourth-order valence-electron chi connectivity index (χ4n) is 4.43. The third kappa shape index (κ3) is 4.90. The van der Waals surface area contributed by atoms with E-state index in [4.69, 9.17) is 17.0 Å². The van der Waals surface area contributed by atoms with Crippen molar-refractivity contribution in [2.75, 3.05) is 18.4 Å². The highest BCUT2D eigenvalue weighted by Crippen LogP contribution is 2.41. The Balaban J connectivity index is 1.53. The van der Waals surface area contributed by atoms with Gasteiger partial charge >= 0.3 is 0 Å². The zero-order valence-electron chi connectivity index (χ0n) is 19.2. The van der Waals surface area contributed by atoms with E-state index in [0.29, 0.717) is 36.8 Å². The molecule has 2 heterocycles. The number of hydrogen-bond acceptors (Lipinski definition) is 5. The van der Waals surface area contributed by atoms with Gasteiger partial charge in [0.2, 0.25) is 5.91 Å². The number of para-hydroxylation sites is 1. The number of aryl methyl sites for hydroxylation is 2. The molecule has 0 aliphatic carbocycles. The van der Waals surface area contributed by atoms with E-state index < -0.39 is 5.60 Å². The molecule has 0 radical (unpaired) electrons. The molecule has 4 rings (SSSR count). The molecule has 174 valence electrons. The minimum atomic E-state index is -0.527. The molecule has 8 heteroatoms. The molecule has 0 aromatic heterocycles. The molecule has 2 aromatic carbocycles. The lowest BCUT2D eigenvalue weighted by Gasteiger charge is -2.42. The van der Waals surface area contributed by atoms with Crippen molar-refractivity contribution < 1.29 is 14.6 Å². The van der Waals surface area contributed by atoms with Crippen LogP contribution in [0.15, 0.2) is 42.5 Å². The number of phenols is 1. The van der Waals surface area contributed by atoms with Crippen LogP contribution in [-0.4, -0.2) is 39.7 Å².